The molecular formula is C9H10O3. The summed E-state index contributed by atoms with van der Waals surface area (Å²) >= 11 is 0. The van der Waals surface area contributed by atoms with E-state index in [1.807, 2.05) is 0 Å². The molecule has 0 spiro atoms. The smallest absolute Gasteiger partial charge is 0.114 e. The summed E-state index contributed by atoms with van der Waals surface area (Å²) in [5, 5.41) is 28.1. The van der Waals surface area contributed by atoms with Crippen LogP contribution in [-0.2, 0) is 0 Å². The minimum atomic E-state index is -1.08. The Labute approximate surface area is 69.9 Å². The summed E-state index contributed by atoms with van der Waals surface area (Å²) in [4.78, 5) is 0. The molecule has 0 saturated heterocycles. The first-order valence-electron chi connectivity index (χ1n) is 3.85. The average Bonchev–Trinajstić information content (AvgIpc) is 2.33. The fourth-order valence-electron chi connectivity index (χ4n) is 1.59. The quantitative estimate of drug-likeness (QED) is 0.513. The van der Waals surface area contributed by atoms with E-state index < -0.39 is 18.3 Å². The summed E-state index contributed by atoms with van der Waals surface area (Å²) in [5.41, 5.74) is 1.25. The van der Waals surface area contributed by atoms with Gasteiger partial charge in [-0.2, -0.15) is 0 Å². The van der Waals surface area contributed by atoms with Gasteiger partial charge >= 0.3 is 0 Å². The van der Waals surface area contributed by atoms with Crippen molar-refractivity contribution in [2.24, 2.45) is 0 Å². The molecule has 2 rings (SSSR count). The first-order chi connectivity index (χ1) is 5.72. The van der Waals surface area contributed by atoms with Gasteiger partial charge in [-0.15, -0.1) is 0 Å². The Balaban J connectivity index is 2.52. The maximum absolute atomic E-state index is 9.41. The van der Waals surface area contributed by atoms with E-state index in [0.29, 0.717) is 11.1 Å². The van der Waals surface area contributed by atoms with E-state index in [4.69, 9.17) is 0 Å². The molecule has 3 nitrogen and oxygen atoms in total. The van der Waals surface area contributed by atoms with E-state index in [1.165, 1.54) is 0 Å². The van der Waals surface area contributed by atoms with Gasteiger partial charge in [-0.25, -0.2) is 0 Å². The Morgan fingerprint density at radius 2 is 1.25 bits per heavy atom. The zero-order chi connectivity index (χ0) is 8.72. The Morgan fingerprint density at radius 3 is 1.67 bits per heavy atom. The summed E-state index contributed by atoms with van der Waals surface area (Å²) in [6, 6.07) is 6.96. The molecule has 3 heteroatoms. The van der Waals surface area contributed by atoms with Crippen LogP contribution >= 0.6 is 0 Å². The molecule has 1 aromatic rings. The van der Waals surface area contributed by atoms with Gasteiger partial charge in [0.15, 0.2) is 0 Å². The summed E-state index contributed by atoms with van der Waals surface area (Å²) in [6.45, 7) is 0. The number of benzene rings is 1. The number of aliphatic hydroxyl groups excluding tert-OH is 3. The summed E-state index contributed by atoms with van der Waals surface area (Å²) < 4.78 is 0. The predicted molar refractivity (Wildman–Crippen MR) is 42.4 cm³/mol. The van der Waals surface area contributed by atoms with Crippen molar-refractivity contribution in [2.45, 2.75) is 18.3 Å². The summed E-state index contributed by atoms with van der Waals surface area (Å²) in [6.07, 6.45) is -2.98. The minimum absolute atomic E-state index is 0.623. The van der Waals surface area contributed by atoms with Crippen LogP contribution in [0.25, 0.3) is 0 Å². The fraction of sp³-hybridized carbons (Fsp3) is 0.333. The van der Waals surface area contributed by atoms with Gasteiger partial charge in [0, 0.05) is 0 Å². The van der Waals surface area contributed by atoms with Gasteiger partial charge in [-0.1, -0.05) is 24.3 Å². The number of rotatable bonds is 0. The van der Waals surface area contributed by atoms with E-state index in [0.717, 1.165) is 0 Å². The van der Waals surface area contributed by atoms with Crippen molar-refractivity contribution in [1.29, 1.82) is 0 Å². The molecule has 0 fully saturated rings. The van der Waals surface area contributed by atoms with Crippen LogP contribution in [0.5, 0.6) is 0 Å². The Morgan fingerprint density at radius 1 is 0.833 bits per heavy atom. The first-order valence-corrected chi connectivity index (χ1v) is 3.85. The zero-order valence-corrected chi connectivity index (χ0v) is 6.38. The zero-order valence-electron chi connectivity index (χ0n) is 6.38. The largest absolute Gasteiger partial charge is 0.387 e. The highest BCUT2D eigenvalue weighted by atomic mass is 16.4. The molecule has 0 bridgehead atoms. The number of fused-ring (bicyclic) bond motifs is 1. The van der Waals surface area contributed by atoms with Crippen molar-refractivity contribution in [3.63, 3.8) is 0 Å². The summed E-state index contributed by atoms with van der Waals surface area (Å²) in [5.74, 6) is 0. The molecule has 1 aromatic carbocycles. The number of hydrogen-bond donors (Lipinski definition) is 3. The standard InChI is InChI=1S/C9H10O3/c10-7-5-3-1-2-4-6(5)8(11)9(7)12/h1-4,7-12H/t7-,8-/m0/s1. The van der Waals surface area contributed by atoms with Crippen LogP contribution in [0.4, 0.5) is 0 Å². The second-order valence-corrected chi connectivity index (χ2v) is 3.01. The van der Waals surface area contributed by atoms with E-state index >= 15 is 0 Å². The van der Waals surface area contributed by atoms with Crippen LogP contribution in [-0.4, -0.2) is 21.4 Å². The van der Waals surface area contributed by atoms with Crippen molar-refractivity contribution in [1.82, 2.24) is 0 Å². The van der Waals surface area contributed by atoms with Gasteiger partial charge < -0.3 is 15.3 Å². The van der Waals surface area contributed by atoms with Gasteiger partial charge in [-0.05, 0) is 11.1 Å². The number of aliphatic hydroxyl groups is 3. The van der Waals surface area contributed by atoms with Crippen LogP contribution in [0, 0.1) is 0 Å². The van der Waals surface area contributed by atoms with Crippen LogP contribution in [0.1, 0.15) is 23.3 Å². The topological polar surface area (TPSA) is 60.7 Å². The Bertz CT molecular complexity index is 269. The van der Waals surface area contributed by atoms with Gasteiger partial charge in [0.05, 0.1) is 0 Å². The SMILES string of the molecule is OC1[C@@H](O)c2ccccc2[C@@H]1O. The lowest BCUT2D eigenvalue weighted by atomic mass is 10.1. The van der Waals surface area contributed by atoms with Crippen LogP contribution < -0.4 is 0 Å². The van der Waals surface area contributed by atoms with Crippen molar-refractivity contribution in [2.75, 3.05) is 0 Å². The monoisotopic (exact) mass is 166 g/mol. The molecule has 1 aliphatic rings. The lowest BCUT2D eigenvalue weighted by Crippen LogP contribution is -2.17. The molecule has 64 valence electrons. The van der Waals surface area contributed by atoms with Gasteiger partial charge in [0.1, 0.15) is 18.3 Å². The van der Waals surface area contributed by atoms with Gasteiger partial charge in [0.2, 0.25) is 0 Å². The third-order valence-corrected chi connectivity index (χ3v) is 2.28. The normalized spacial score (nSPS) is 28.9. The van der Waals surface area contributed by atoms with Crippen molar-refractivity contribution in [3.8, 4) is 0 Å². The molecule has 0 radical (unpaired) electrons. The highest BCUT2D eigenvalue weighted by molar-refractivity contribution is 5.37. The molecule has 0 heterocycles. The maximum Gasteiger partial charge on any atom is 0.114 e. The third-order valence-electron chi connectivity index (χ3n) is 2.28. The number of hydrogen-bond acceptors (Lipinski definition) is 3. The molecule has 0 amide bonds. The lowest BCUT2D eigenvalue weighted by Gasteiger charge is -2.10. The highest BCUT2D eigenvalue weighted by Crippen LogP contribution is 2.38. The third kappa shape index (κ3) is 0.876. The molecular weight excluding hydrogens is 156 g/mol. The Kier molecular flexibility index (Phi) is 1.65. The molecule has 12 heavy (non-hydrogen) atoms. The molecule has 0 unspecified atom stereocenters. The second kappa shape index (κ2) is 2.55. The average molecular weight is 166 g/mol. The molecule has 0 aromatic heterocycles. The van der Waals surface area contributed by atoms with Crippen molar-refractivity contribution in [3.05, 3.63) is 35.4 Å². The molecule has 0 aliphatic heterocycles. The van der Waals surface area contributed by atoms with Crippen LogP contribution in [0.3, 0.4) is 0 Å². The Hall–Kier alpha value is -0.900. The first kappa shape index (κ1) is 7.73. The van der Waals surface area contributed by atoms with E-state index in [-0.39, 0.29) is 0 Å². The fourth-order valence-corrected chi connectivity index (χ4v) is 1.59. The lowest BCUT2D eigenvalue weighted by molar-refractivity contribution is -0.0431. The predicted octanol–water partition coefficient (Wildman–Crippen LogP) is 0.128. The molecule has 0 saturated carbocycles. The van der Waals surface area contributed by atoms with Gasteiger partial charge in [0.25, 0.3) is 0 Å². The highest BCUT2D eigenvalue weighted by Gasteiger charge is 2.36. The van der Waals surface area contributed by atoms with Crippen LogP contribution in [0.15, 0.2) is 24.3 Å². The molecule has 2 atom stereocenters. The minimum Gasteiger partial charge on any atom is -0.387 e. The summed E-state index contributed by atoms with van der Waals surface area (Å²) in [7, 11) is 0. The van der Waals surface area contributed by atoms with Crippen molar-refractivity contribution >= 4 is 0 Å². The maximum atomic E-state index is 9.41. The van der Waals surface area contributed by atoms with E-state index in [1.54, 1.807) is 24.3 Å². The van der Waals surface area contributed by atoms with E-state index in [9.17, 15) is 15.3 Å². The van der Waals surface area contributed by atoms with Crippen LogP contribution in [0.2, 0.25) is 0 Å². The molecule has 1 aliphatic carbocycles. The molecule has 3 N–H and O–H groups in total. The second-order valence-electron chi connectivity index (χ2n) is 3.01. The van der Waals surface area contributed by atoms with E-state index in [2.05, 4.69) is 0 Å². The van der Waals surface area contributed by atoms with Gasteiger partial charge in [-0.3, -0.25) is 0 Å². The van der Waals surface area contributed by atoms with Crippen molar-refractivity contribution < 1.29 is 15.3 Å².